The minimum atomic E-state index is -0.617. The minimum Gasteiger partial charge on any atom is -0.326 e. The van der Waals surface area contributed by atoms with Crippen LogP contribution in [0.2, 0.25) is 0 Å². The van der Waals surface area contributed by atoms with Crippen molar-refractivity contribution in [1.82, 2.24) is 14.8 Å². The second-order valence-corrected chi connectivity index (χ2v) is 10.4. The molecule has 1 aromatic heterocycles. The molecule has 0 bridgehead atoms. The highest BCUT2D eigenvalue weighted by molar-refractivity contribution is 6.06. The van der Waals surface area contributed by atoms with Crippen molar-refractivity contribution in [3.05, 3.63) is 53.2 Å². The van der Waals surface area contributed by atoms with Crippen molar-refractivity contribution in [2.24, 2.45) is 5.92 Å². The summed E-state index contributed by atoms with van der Waals surface area (Å²) in [6, 6.07) is 9.82. The van der Waals surface area contributed by atoms with Crippen molar-refractivity contribution < 1.29 is 14.4 Å². The van der Waals surface area contributed by atoms with E-state index in [-0.39, 0.29) is 24.3 Å². The van der Waals surface area contributed by atoms with Gasteiger partial charge in [0.25, 0.3) is 0 Å². The molecule has 3 heterocycles. The SMILES string of the molecule is O=C(CCN1CCCCN(CC2CC2)C1=O)Nc1ccc2c(c1)CC1(C2)C(=O)Nc2ncccc21. The first-order valence-corrected chi connectivity index (χ1v) is 12.7. The largest absolute Gasteiger partial charge is 0.326 e. The predicted molar refractivity (Wildman–Crippen MR) is 132 cm³/mol. The number of rotatable bonds is 6. The van der Waals surface area contributed by atoms with Gasteiger partial charge in [-0.3, -0.25) is 9.59 Å². The quantitative estimate of drug-likeness (QED) is 0.673. The number of hydrogen-bond donors (Lipinski definition) is 2. The van der Waals surface area contributed by atoms with Gasteiger partial charge >= 0.3 is 6.03 Å². The number of fused-ring (bicyclic) bond motifs is 3. The number of carbonyl (C=O) groups excluding carboxylic acids is 3. The number of nitrogens with zero attached hydrogens (tertiary/aromatic N) is 3. The first-order chi connectivity index (χ1) is 17.0. The lowest BCUT2D eigenvalue weighted by Crippen LogP contribution is -2.43. The molecule has 2 N–H and O–H groups in total. The summed E-state index contributed by atoms with van der Waals surface area (Å²) in [7, 11) is 0. The molecule has 2 aliphatic heterocycles. The summed E-state index contributed by atoms with van der Waals surface area (Å²) in [6.45, 7) is 2.83. The van der Waals surface area contributed by atoms with E-state index < -0.39 is 5.41 Å². The number of benzene rings is 1. The van der Waals surface area contributed by atoms with Gasteiger partial charge < -0.3 is 20.4 Å². The standard InChI is InChI=1S/C27H31N5O3/c33-23(9-13-31-11-1-2-12-32(26(31)35)17-18-5-6-18)29-21-8-7-19-15-27(16-20(19)14-21)22-4-3-10-28-24(22)30-25(27)34/h3-4,7-8,10,14,18H,1-2,5-6,9,11-13,15-17H2,(H,29,33)(H,28,30,34). The highest BCUT2D eigenvalue weighted by Gasteiger charge is 2.51. The number of anilines is 2. The van der Waals surface area contributed by atoms with Gasteiger partial charge in [-0.25, -0.2) is 9.78 Å². The van der Waals surface area contributed by atoms with Gasteiger partial charge in [0.1, 0.15) is 5.82 Å². The third-order valence-electron chi connectivity index (χ3n) is 7.90. The van der Waals surface area contributed by atoms with Crippen LogP contribution in [-0.2, 0) is 27.8 Å². The summed E-state index contributed by atoms with van der Waals surface area (Å²) in [5.74, 6) is 1.21. The molecular weight excluding hydrogens is 442 g/mol. The van der Waals surface area contributed by atoms with Crippen LogP contribution < -0.4 is 10.6 Å². The van der Waals surface area contributed by atoms with E-state index in [0.29, 0.717) is 37.7 Å². The van der Waals surface area contributed by atoms with Gasteiger partial charge in [0.05, 0.1) is 5.41 Å². The Bertz CT molecular complexity index is 1190. The maximum atomic E-state index is 12.9. The van der Waals surface area contributed by atoms with Gasteiger partial charge in [0, 0.05) is 50.0 Å². The molecule has 4 amide bonds. The Morgan fingerprint density at radius 2 is 1.89 bits per heavy atom. The van der Waals surface area contributed by atoms with Crippen LogP contribution in [0.3, 0.4) is 0 Å². The summed E-state index contributed by atoms with van der Waals surface area (Å²) in [5.41, 5.74) is 3.26. The minimum absolute atomic E-state index is 0.00849. The normalized spacial score (nSPS) is 23.2. The molecular formula is C27H31N5O3. The predicted octanol–water partition coefficient (Wildman–Crippen LogP) is 3.33. The average Bonchev–Trinajstić information content (AvgIpc) is 3.56. The molecule has 1 unspecified atom stereocenters. The zero-order valence-corrected chi connectivity index (χ0v) is 19.9. The highest BCUT2D eigenvalue weighted by Crippen LogP contribution is 2.46. The van der Waals surface area contributed by atoms with Gasteiger partial charge in [0.15, 0.2) is 0 Å². The molecule has 1 saturated carbocycles. The van der Waals surface area contributed by atoms with Gasteiger partial charge in [-0.05, 0) is 73.8 Å². The Labute approximate surface area is 205 Å². The molecule has 35 heavy (non-hydrogen) atoms. The molecule has 8 nitrogen and oxygen atoms in total. The first kappa shape index (κ1) is 22.1. The number of hydrogen-bond acceptors (Lipinski definition) is 4. The maximum Gasteiger partial charge on any atom is 0.320 e. The summed E-state index contributed by atoms with van der Waals surface area (Å²) in [5, 5.41) is 5.93. The molecule has 2 aromatic rings. The molecule has 2 fully saturated rings. The van der Waals surface area contributed by atoms with Crippen LogP contribution in [0.5, 0.6) is 0 Å². The van der Waals surface area contributed by atoms with E-state index >= 15 is 0 Å². The fourth-order valence-electron chi connectivity index (χ4n) is 5.79. The molecule has 1 saturated heterocycles. The number of amides is 4. The molecule has 6 rings (SSSR count). The molecule has 1 atom stereocenters. The molecule has 1 spiro atoms. The van der Waals surface area contributed by atoms with E-state index in [0.717, 1.165) is 48.3 Å². The number of pyridine rings is 1. The van der Waals surface area contributed by atoms with Crippen molar-refractivity contribution in [3.63, 3.8) is 0 Å². The lowest BCUT2D eigenvalue weighted by molar-refractivity contribution is -0.120. The average molecular weight is 474 g/mol. The van der Waals surface area contributed by atoms with Crippen molar-refractivity contribution in [2.45, 2.75) is 50.4 Å². The molecule has 8 heteroatoms. The summed E-state index contributed by atoms with van der Waals surface area (Å²) in [6.07, 6.45) is 7.64. The molecule has 4 aliphatic rings. The van der Waals surface area contributed by atoms with Crippen LogP contribution in [0.15, 0.2) is 36.5 Å². The van der Waals surface area contributed by atoms with Gasteiger partial charge in [-0.2, -0.15) is 0 Å². The van der Waals surface area contributed by atoms with E-state index in [4.69, 9.17) is 0 Å². The van der Waals surface area contributed by atoms with Crippen molar-refractivity contribution >= 4 is 29.4 Å². The van der Waals surface area contributed by atoms with Crippen LogP contribution in [0.1, 0.15) is 48.8 Å². The van der Waals surface area contributed by atoms with Crippen LogP contribution >= 0.6 is 0 Å². The smallest absolute Gasteiger partial charge is 0.320 e. The van der Waals surface area contributed by atoms with Crippen LogP contribution in [0.25, 0.3) is 0 Å². The molecule has 2 aliphatic carbocycles. The van der Waals surface area contributed by atoms with E-state index in [1.807, 2.05) is 40.1 Å². The van der Waals surface area contributed by atoms with Crippen LogP contribution in [0, 0.1) is 5.92 Å². The Balaban J connectivity index is 1.09. The Kier molecular flexibility index (Phi) is 5.46. The van der Waals surface area contributed by atoms with Crippen LogP contribution in [0.4, 0.5) is 16.3 Å². The summed E-state index contributed by atoms with van der Waals surface area (Å²) in [4.78, 5) is 46.7. The lowest BCUT2D eigenvalue weighted by atomic mass is 9.79. The molecule has 182 valence electrons. The number of nitrogens with one attached hydrogen (secondary N) is 2. The Morgan fingerprint density at radius 3 is 2.71 bits per heavy atom. The zero-order chi connectivity index (χ0) is 24.0. The van der Waals surface area contributed by atoms with Gasteiger partial charge in [-0.15, -0.1) is 0 Å². The summed E-state index contributed by atoms with van der Waals surface area (Å²) >= 11 is 0. The fourth-order valence-corrected chi connectivity index (χ4v) is 5.79. The Morgan fingerprint density at radius 1 is 1.09 bits per heavy atom. The summed E-state index contributed by atoms with van der Waals surface area (Å²) < 4.78 is 0. The van der Waals surface area contributed by atoms with E-state index in [2.05, 4.69) is 15.6 Å². The van der Waals surface area contributed by atoms with E-state index in [1.54, 1.807) is 6.20 Å². The zero-order valence-electron chi connectivity index (χ0n) is 19.9. The van der Waals surface area contributed by atoms with Crippen molar-refractivity contribution in [1.29, 1.82) is 0 Å². The number of urea groups is 1. The number of carbonyl (C=O) groups is 3. The fraction of sp³-hybridized carbons (Fsp3) is 0.481. The topological polar surface area (TPSA) is 94.6 Å². The lowest BCUT2D eigenvalue weighted by Gasteiger charge is -2.27. The third kappa shape index (κ3) is 4.15. The third-order valence-corrected chi connectivity index (χ3v) is 7.90. The Hall–Kier alpha value is -3.42. The van der Waals surface area contributed by atoms with Crippen molar-refractivity contribution in [3.8, 4) is 0 Å². The highest BCUT2D eigenvalue weighted by atomic mass is 16.2. The second-order valence-electron chi connectivity index (χ2n) is 10.4. The van der Waals surface area contributed by atoms with Crippen LogP contribution in [-0.4, -0.2) is 58.8 Å². The second kappa shape index (κ2) is 8.66. The van der Waals surface area contributed by atoms with Gasteiger partial charge in [0.2, 0.25) is 11.8 Å². The van der Waals surface area contributed by atoms with Crippen molar-refractivity contribution in [2.75, 3.05) is 36.8 Å². The maximum absolute atomic E-state index is 12.9. The van der Waals surface area contributed by atoms with E-state index in [9.17, 15) is 14.4 Å². The first-order valence-electron chi connectivity index (χ1n) is 12.7. The van der Waals surface area contributed by atoms with E-state index in [1.165, 1.54) is 12.8 Å². The molecule has 0 radical (unpaired) electrons. The number of aromatic nitrogens is 1. The van der Waals surface area contributed by atoms with Gasteiger partial charge in [-0.1, -0.05) is 12.1 Å². The monoisotopic (exact) mass is 473 g/mol. The molecule has 1 aromatic carbocycles.